The maximum atomic E-state index is 11.8. The number of amides is 1. The Balaban J connectivity index is 1.90. The number of carbonyl (C=O) groups excluding carboxylic acids is 1. The van der Waals surface area contributed by atoms with Crippen LogP contribution in [0.4, 0.5) is 5.88 Å². The molecule has 0 saturated carbocycles. The van der Waals surface area contributed by atoms with Gasteiger partial charge in [0.05, 0.1) is 15.7 Å². The zero-order chi connectivity index (χ0) is 18.6. The molecule has 0 fully saturated rings. The van der Waals surface area contributed by atoms with Crippen molar-refractivity contribution < 1.29 is 13.9 Å². The highest BCUT2D eigenvalue weighted by Gasteiger charge is 2.11. The minimum absolute atomic E-state index is 0.180. The lowest BCUT2D eigenvalue weighted by Gasteiger charge is -2.08. The molecule has 1 aromatic heterocycles. The molecule has 1 N–H and O–H groups in total. The second-order valence-electron chi connectivity index (χ2n) is 4.98. The predicted octanol–water partition coefficient (Wildman–Crippen LogP) is 4.60. The van der Waals surface area contributed by atoms with E-state index in [4.69, 9.17) is 44.0 Å². The maximum Gasteiger partial charge on any atom is 0.277 e. The van der Waals surface area contributed by atoms with Gasteiger partial charge in [0.15, 0.2) is 12.4 Å². The van der Waals surface area contributed by atoms with Crippen molar-refractivity contribution >= 4 is 68.7 Å². The number of carbonyl (C=O) groups is 1. The highest BCUT2D eigenvalue weighted by Crippen LogP contribution is 2.35. The van der Waals surface area contributed by atoms with Gasteiger partial charge in [0, 0.05) is 31.3 Å². The molecule has 0 aliphatic carbocycles. The minimum atomic E-state index is -0.484. The molecule has 1 amide bonds. The molecule has 25 heavy (non-hydrogen) atoms. The van der Waals surface area contributed by atoms with E-state index in [2.05, 4.69) is 26.5 Å². The van der Waals surface area contributed by atoms with Crippen molar-refractivity contribution in [2.75, 3.05) is 25.6 Å². The van der Waals surface area contributed by atoms with E-state index in [9.17, 15) is 4.79 Å². The van der Waals surface area contributed by atoms with E-state index in [1.54, 1.807) is 11.0 Å². The van der Waals surface area contributed by atoms with Crippen LogP contribution < -0.4 is 15.1 Å². The molecule has 0 bridgehead atoms. The highest BCUT2D eigenvalue weighted by atomic mass is 79.9. The normalized spacial score (nSPS) is 11.0. The predicted molar refractivity (Wildman–Crippen MR) is 103 cm³/mol. The number of anilines is 1. The zero-order valence-corrected chi connectivity index (χ0v) is 17.0. The summed E-state index contributed by atoms with van der Waals surface area (Å²) in [7, 11) is 3.69. The van der Waals surface area contributed by atoms with Crippen molar-refractivity contribution in [3.63, 3.8) is 0 Å². The largest absolute Gasteiger partial charge is 0.482 e. The molecule has 10 heteroatoms. The Hall–Kier alpha value is -1.41. The number of halogens is 4. The molecule has 0 atom stereocenters. The minimum Gasteiger partial charge on any atom is -0.482 e. The number of nitrogens with one attached hydrogen (secondary N) is 1. The lowest BCUT2D eigenvalue weighted by molar-refractivity contribution is -0.123. The van der Waals surface area contributed by atoms with Gasteiger partial charge < -0.3 is 14.1 Å². The first-order valence-corrected chi connectivity index (χ1v) is 8.76. The molecule has 1 heterocycles. The number of ether oxygens (including phenoxy) is 1. The van der Waals surface area contributed by atoms with E-state index in [-0.39, 0.29) is 22.4 Å². The maximum absolute atomic E-state index is 11.8. The average molecular weight is 470 g/mol. The fraction of sp³-hybridized carbons (Fsp3) is 0.200. The van der Waals surface area contributed by atoms with Crippen LogP contribution in [0.1, 0.15) is 5.76 Å². The third-order valence-electron chi connectivity index (χ3n) is 2.79. The number of rotatable bonds is 6. The Labute approximate surface area is 167 Å². The van der Waals surface area contributed by atoms with Crippen LogP contribution in [0.2, 0.25) is 15.1 Å². The van der Waals surface area contributed by atoms with Gasteiger partial charge in [-0.2, -0.15) is 5.10 Å². The number of hydrogen-bond donors (Lipinski definition) is 1. The SMILES string of the molecule is CN(C)c1oc(/C=N\NC(=O)COc2cc(Cl)cc(Cl)c2Cl)cc1Br. The van der Waals surface area contributed by atoms with E-state index in [0.29, 0.717) is 16.7 Å². The molecule has 0 aliphatic rings. The van der Waals surface area contributed by atoms with Crippen molar-refractivity contribution in [1.29, 1.82) is 0 Å². The second-order valence-corrected chi connectivity index (χ2v) is 7.05. The lowest BCUT2D eigenvalue weighted by atomic mass is 10.3. The Bertz CT molecular complexity index is 809. The van der Waals surface area contributed by atoms with Crippen molar-refractivity contribution in [2.24, 2.45) is 5.10 Å². The van der Waals surface area contributed by atoms with Crippen molar-refractivity contribution in [2.45, 2.75) is 0 Å². The van der Waals surface area contributed by atoms with Gasteiger partial charge in [0.1, 0.15) is 10.8 Å². The van der Waals surface area contributed by atoms with Crippen LogP contribution >= 0.6 is 50.7 Å². The van der Waals surface area contributed by atoms with E-state index in [1.165, 1.54) is 18.3 Å². The molecular formula is C15H13BrCl3N3O3. The van der Waals surface area contributed by atoms with Gasteiger partial charge in [-0.3, -0.25) is 4.79 Å². The van der Waals surface area contributed by atoms with Gasteiger partial charge in [-0.15, -0.1) is 0 Å². The number of hydrazone groups is 1. The van der Waals surface area contributed by atoms with E-state index in [1.807, 2.05) is 14.1 Å². The molecule has 2 rings (SSSR count). The third kappa shape index (κ3) is 5.54. The molecular weight excluding hydrogens is 456 g/mol. The first kappa shape index (κ1) is 19.9. The summed E-state index contributed by atoms with van der Waals surface area (Å²) < 4.78 is 11.6. The zero-order valence-electron chi connectivity index (χ0n) is 13.1. The number of furan rings is 1. The second kappa shape index (κ2) is 8.80. The molecule has 0 unspecified atom stereocenters. The Morgan fingerprint density at radius 2 is 2.08 bits per heavy atom. The van der Waals surface area contributed by atoms with E-state index >= 15 is 0 Å². The standard InChI is InChI=1S/C15H13BrCl3N3O3/c1-22(2)15-10(16)5-9(25-15)6-20-21-13(23)7-24-12-4-8(17)3-11(18)14(12)19/h3-6H,7H2,1-2H3,(H,21,23)/b20-6-. The summed E-state index contributed by atoms with van der Waals surface area (Å²) in [6.45, 7) is -0.307. The Morgan fingerprint density at radius 1 is 1.36 bits per heavy atom. The van der Waals surface area contributed by atoms with E-state index in [0.717, 1.165) is 4.47 Å². The van der Waals surface area contributed by atoms with Gasteiger partial charge in [0.2, 0.25) is 5.88 Å². The lowest BCUT2D eigenvalue weighted by Crippen LogP contribution is -2.24. The molecule has 1 aromatic carbocycles. The number of nitrogens with zero attached hydrogens (tertiary/aromatic N) is 2. The van der Waals surface area contributed by atoms with Crippen LogP contribution in [-0.2, 0) is 4.79 Å². The van der Waals surface area contributed by atoms with Crippen LogP contribution in [0, 0.1) is 0 Å². The summed E-state index contributed by atoms with van der Waals surface area (Å²) in [6.07, 6.45) is 1.37. The topological polar surface area (TPSA) is 67.1 Å². The van der Waals surface area contributed by atoms with Crippen LogP contribution in [0.3, 0.4) is 0 Å². The highest BCUT2D eigenvalue weighted by molar-refractivity contribution is 9.10. The smallest absolute Gasteiger partial charge is 0.277 e. The van der Waals surface area contributed by atoms with Crippen molar-refractivity contribution in [3.8, 4) is 5.75 Å². The van der Waals surface area contributed by atoms with Gasteiger partial charge in [-0.05, 0) is 22.0 Å². The summed E-state index contributed by atoms with van der Waals surface area (Å²) in [4.78, 5) is 13.6. The summed E-state index contributed by atoms with van der Waals surface area (Å²) in [5.41, 5.74) is 2.32. The quantitative estimate of drug-likeness (QED) is 0.382. The van der Waals surface area contributed by atoms with Gasteiger partial charge >= 0.3 is 0 Å². The molecule has 0 aliphatic heterocycles. The first-order chi connectivity index (χ1) is 11.8. The molecule has 6 nitrogen and oxygen atoms in total. The van der Waals surface area contributed by atoms with Gasteiger partial charge in [-0.25, -0.2) is 5.43 Å². The van der Waals surface area contributed by atoms with Crippen molar-refractivity contribution in [3.05, 3.63) is 43.5 Å². The molecule has 134 valence electrons. The molecule has 0 radical (unpaired) electrons. The Kier molecular flexibility index (Phi) is 7.01. The molecule has 0 saturated heterocycles. The molecule has 2 aromatic rings. The van der Waals surface area contributed by atoms with Crippen LogP contribution in [0.25, 0.3) is 0 Å². The monoisotopic (exact) mass is 467 g/mol. The summed E-state index contributed by atoms with van der Waals surface area (Å²) in [5.74, 6) is 0.843. The summed E-state index contributed by atoms with van der Waals surface area (Å²) in [6, 6.07) is 4.68. The summed E-state index contributed by atoms with van der Waals surface area (Å²) >= 11 is 21.1. The van der Waals surface area contributed by atoms with E-state index < -0.39 is 5.91 Å². The van der Waals surface area contributed by atoms with Gasteiger partial charge in [0.25, 0.3) is 5.91 Å². The fourth-order valence-electron chi connectivity index (χ4n) is 1.73. The average Bonchev–Trinajstić information content (AvgIpc) is 2.90. The first-order valence-electron chi connectivity index (χ1n) is 6.84. The number of benzene rings is 1. The fourth-order valence-corrected chi connectivity index (χ4v) is 3.03. The van der Waals surface area contributed by atoms with Crippen molar-refractivity contribution in [1.82, 2.24) is 5.43 Å². The molecule has 0 spiro atoms. The third-order valence-corrected chi connectivity index (χ3v) is 4.36. The van der Waals surface area contributed by atoms with Crippen LogP contribution in [-0.4, -0.2) is 32.8 Å². The summed E-state index contributed by atoms with van der Waals surface area (Å²) in [5, 5.41) is 4.57. The van der Waals surface area contributed by atoms with Crippen LogP contribution in [0.15, 0.2) is 32.2 Å². The van der Waals surface area contributed by atoms with Crippen LogP contribution in [0.5, 0.6) is 5.75 Å². The Morgan fingerprint density at radius 3 is 2.72 bits per heavy atom. The number of hydrogen-bond acceptors (Lipinski definition) is 5. The van der Waals surface area contributed by atoms with Gasteiger partial charge in [-0.1, -0.05) is 34.8 Å².